The fraction of sp³-hybridized carbons (Fsp3) is 0.441. The van der Waals surface area contributed by atoms with E-state index in [2.05, 4.69) is 60.6 Å². The van der Waals surface area contributed by atoms with Crippen LogP contribution in [0.1, 0.15) is 49.0 Å². The van der Waals surface area contributed by atoms with Gasteiger partial charge in [0.05, 0.1) is 13.2 Å². The lowest BCUT2D eigenvalue weighted by Gasteiger charge is -2.56. The number of carbonyl (C=O) groups excluding carboxylic acids is 1. The van der Waals surface area contributed by atoms with Crippen LogP contribution in [0.25, 0.3) is 10.8 Å². The molecule has 1 saturated carbocycles. The maximum atomic E-state index is 14.2. The third kappa shape index (κ3) is 5.48. The Balaban J connectivity index is 1.53. The number of aliphatic hydroxyl groups is 1. The Bertz CT molecular complexity index is 1320. The van der Waals surface area contributed by atoms with Gasteiger partial charge in [0.2, 0.25) is 0 Å². The third-order valence-corrected chi connectivity index (χ3v) is 8.91. The lowest BCUT2D eigenvalue weighted by molar-refractivity contribution is -0.0630. The lowest BCUT2D eigenvalue weighted by atomic mass is 9.56. The quantitative estimate of drug-likeness (QED) is 0.371. The van der Waals surface area contributed by atoms with Crippen LogP contribution in [0.3, 0.4) is 0 Å². The van der Waals surface area contributed by atoms with Crippen molar-refractivity contribution in [3.8, 4) is 5.75 Å². The van der Waals surface area contributed by atoms with E-state index < -0.39 is 6.10 Å². The van der Waals surface area contributed by atoms with Gasteiger partial charge in [0.1, 0.15) is 5.75 Å². The molecular weight excluding hydrogens is 484 g/mol. The van der Waals surface area contributed by atoms with E-state index >= 15 is 0 Å². The minimum Gasteiger partial charge on any atom is -0.497 e. The maximum Gasteiger partial charge on any atom is 0.254 e. The summed E-state index contributed by atoms with van der Waals surface area (Å²) in [6, 6.07) is 22.5. The van der Waals surface area contributed by atoms with Crippen molar-refractivity contribution in [2.45, 2.75) is 50.7 Å². The molecule has 0 spiro atoms. The highest BCUT2D eigenvalue weighted by Gasteiger charge is 2.53. The smallest absolute Gasteiger partial charge is 0.254 e. The number of fused-ring (bicyclic) bond motifs is 2. The van der Waals surface area contributed by atoms with Gasteiger partial charge in [0.25, 0.3) is 5.91 Å². The molecule has 1 saturated heterocycles. The summed E-state index contributed by atoms with van der Waals surface area (Å²) in [6.45, 7) is 11.5. The molecule has 1 N–H and O–H groups in total. The van der Waals surface area contributed by atoms with Gasteiger partial charge in [0, 0.05) is 42.6 Å². The van der Waals surface area contributed by atoms with Gasteiger partial charge in [0.15, 0.2) is 0 Å². The first kappa shape index (κ1) is 27.4. The van der Waals surface area contributed by atoms with Crippen LogP contribution in [0.15, 0.2) is 79.4 Å². The topological polar surface area (TPSA) is 53.0 Å². The van der Waals surface area contributed by atoms with E-state index in [1.54, 1.807) is 7.11 Å². The molecule has 4 atom stereocenters. The fourth-order valence-electron chi connectivity index (χ4n) is 7.05. The van der Waals surface area contributed by atoms with Gasteiger partial charge in [-0.1, -0.05) is 62.4 Å². The normalized spacial score (nSPS) is 25.3. The van der Waals surface area contributed by atoms with Crippen LogP contribution in [-0.2, 0) is 5.41 Å². The second kappa shape index (κ2) is 11.5. The zero-order valence-electron chi connectivity index (χ0n) is 23.6. The first-order valence-corrected chi connectivity index (χ1v) is 14.3. The highest BCUT2D eigenvalue weighted by molar-refractivity contribution is 5.98. The SMILES string of the molecule is C=CCN1CCC2(c3cccc(OC)c3)CC(N(CC(C)C)C(=O)c3ccc4ccccc4c3)CC(O)C2C1. The molecule has 4 unspecified atom stereocenters. The molecule has 1 heterocycles. The zero-order chi connectivity index (χ0) is 27.6. The highest BCUT2D eigenvalue weighted by Crippen LogP contribution is 2.51. The number of likely N-dealkylation sites (tertiary alicyclic amines) is 1. The number of rotatable bonds is 8. The van der Waals surface area contributed by atoms with Gasteiger partial charge >= 0.3 is 0 Å². The number of aliphatic hydroxyl groups excluding tert-OH is 1. The Morgan fingerprint density at radius 3 is 2.69 bits per heavy atom. The number of hydrogen-bond acceptors (Lipinski definition) is 4. The number of amides is 1. The van der Waals surface area contributed by atoms with Crippen LogP contribution in [0.2, 0.25) is 0 Å². The monoisotopic (exact) mass is 526 g/mol. The van der Waals surface area contributed by atoms with Crippen molar-refractivity contribution < 1.29 is 14.6 Å². The first-order valence-electron chi connectivity index (χ1n) is 14.3. The summed E-state index contributed by atoms with van der Waals surface area (Å²) >= 11 is 0. The van der Waals surface area contributed by atoms with Crippen molar-refractivity contribution in [3.05, 3.63) is 90.5 Å². The second-order valence-electron chi connectivity index (χ2n) is 11.9. The number of carbonyl (C=O) groups is 1. The van der Waals surface area contributed by atoms with Gasteiger partial charge in [-0.15, -0.1) is 6.58 Å². The lowest BCUT2D eigenvalue weighted by Crippen LogP contribution is -2.61. The van der Waals surface area contributed by atoms with E-state index in [0.29, 0.717) is 24.4 Å². The average Bonchev–Trinajstić information content (AvgIpc) is 2.95. The molecule has 2 fully saturated rings. The Hall–Kier alpha value is -3.15. The summed E-state index contributed by atoms with van der Waals surface area (Å²) in [5.74, 6) is 1.27. The molecular formula is C34H42N2O3. The predicted molar refractivity (Wildman–Crippen MR) is 158 cm³/mol. The minimum atomic E-state index is -0.512. The zero-order valence-corrected chi connectivity index (χ0v) is 23.6. The van der Waals surface area contributed by atoms with Crippen LogP contribution in [0.4, 0.5) is 0 Å². The first-order chi connectivity index (χ1) is 18.8. The van der Waals surface area contributed by atoms with Crippen molar-refractivity contribution in [1.29, 1.82) is 0 Å². The van der Waals surface area contributed by atoms with Crippen LogP contribution >= 0.6 is 0 Å². The molecule has 0 bridgehead atoms. The molecule has 5 rings (SSSR count). The fourth-order valence-corrected chi connectivity index (χ4v) is 7.05. The largest absolute Gasteiger partial charge is 0.497 e. The highest BCUT2D eigenvalue weighted by atomic mass is 16.5. The van der Waals surface area contributed by atoms with Crippen LogP contribution in [0.5, 0.6) is 5.75 Å². The second-order valence-corrected chi connectivity index (χ2v) is 11.9. The van der Waals surface area contributed by atoms with E-state index in [4.69, 9.17) is 4.74 Å². The minimum absolute atomic E-state index is 0.0509. The van der Waals surface area contributed by atoms with Crippen molar-refractivity contribution >= 4 is 16.7 Å². The number of methoxy groups -OCH3 is 1. The molecule has 0 radical (unpaired) electrons. The number of piperidine rings is 1. The molecule has 0 aromatic heterocycles. The van der Waals surface area contributed by atoms with Gasteiger partial charge in [-0.05, 0) is 72.3 Å². The van der Waals surface area contributed by atoms with E-state index in [0.717, 1.165) is 49.0 Å². The summed E-state index contributed by atoms with van der Waals surface area (Å²) in [6.07, 6.45) is 3.77. The number of ether oxygens (including phenoxy) is 1. The summed E-state index contributed by atoms with van der Waals surface area (Å²) in [5, 5.41) is 14.0. The van der Waals surface area contributed by atoms with Gasteiger partial charge in [-0.3, -0.25) is 9.69 Å². The van der Waals surface area contributed by atoms with E-state index in [-0.39, 0.29) is 23.3 Å². The summed E-state index contributed by atoms with van der Waals surface area (Å²) < 4.78 is 5.62. The number of benzene rings is 3. The van der Waals surface area contributed by atoms with E-state index in [1.165, 1.54) is 5.56 Å². The van der Waals surface area contributed by atoms with Crippen molar-refractivity contribution in [1.82, 2.24) is 9.80 Å². The predicted octanol–water partition coefficient (Wildman–Crippen LogP) is 5.92. The molecule has 3 aromatic rings. The summed E-state index contributed by atoms with van der Waals surface area (Å²) in [5.41, 5.74) is 1.67. The van der Waals surface area contributed by atoms with Crippen molar-refractivity contribution in [3.63, 3.8) is 0 Å². The Morgan fingerprint density at radius 2 is 1.95 bits per heavy atom. The van der Waals surface area contributed by atoms with Gasteiger partial charge < -0.3 is 14.7 Å². The molecule has 1 aliphatic carbocycles. The third-order valence-electron chi connectivity index (χ3n) is 8.91. The molecule has 206 valence electrons. The number of hydrogen-bond donors (Lipinski definition) is 1. The van der Waals surface area contributed by atoms with Crippen LogP contribution < -0.4 is 4.74 Å². The van der Waals surface area contributed by atoms with Crippen molar-refractivity contribution in [2.24, 2.45) is 11.8 Å². The Labute approximate surface area is 233 Å². The van der Waals surface area contributed by atoms with Gasteiger partial charge in [-0.2, -0.15) is 0 Å². The maximum absolute atomic E-state index is 14.2. The Morgan fingerprint density at radius 1 is 1.15 bits per heavy atom. The molecule has 3 aromatic carbocycles. The summed E-state index contributed by atoms with van der Waals surface area (Å²) in [4.78, 5) is 18.6. The molecule has 1 aliphatic heterocycles. The van der Waals surface area contributed by atoms with E-state index in [1.807, 2.05) is 42.5 Å². The van der Waals surface area contributed by atoms with Crippen LogP contribution in [-0.4, -0.2) is 66.2 Å². The van der Waals surface area contributed by atoms with Gasteiger partial charge in [-0.25, -0.2) is 0 Å². The van der Waals surface area contributed by atoms with Crippen molar-refractivity contribution in [2.75, 3.05) is 33.3 Å². The molecule has 39 heavy (non-hydrogen) atoms. The Kier molecular flexibility index (Phi) is 8.11. The summed E-state index contributed by atoms with van der Waals surface area (Å²) in [7, 11) is 1.70. The molecule has 5 nitrogen and oxygen atoms in total. The average molecular weight is 527 g/mol. The molecule has 1 amide bonds. The number of nitrogens with zero attached hydrogens (tertiary/aromatic N) is 2. The van der Waals surface area contributed by atoms with Crippen LogP contribution in [0, 0.1) is 11.8 Å². The standard InChI is InChI=1S/C34H42N2O3/c1-5-16-35-17-15-34(28-11-8-12-30(19-28)39-4)21-29(20-32(37)31(34)23-35)36(22-24(2)3)33(38)27-14-13-25-9-6-7-10-26(25)18-27/h5-14,18-19,24,29,31-32,37H,1,15-17,20-23H2,2-4H3. The molecule has 2 aliphatic rings. The van der Waals surface area contributed by atoms with E-state index in [9.17, 15) is 9.90 Å². The molecule has 5 heteroatoms.